The first-order valence-electron chi connectivity index (χ1n) is 10.0. The summed E-state index contributed by atoms with van der Waals surface area (Å²) < 4.78 is 16.9. The Morgan fingerprint density at radius 3 is 2.24 bits per heavy atom. The van der Waals surface area contributed by atoms with Crippen molar-refractivity contribution in [2.45, 2.75) is 63.6 Å². The zero-order valence-corrected chi connectivity index (χ0v) is 16.2. The minimum Gasteiger partial charge on any atom is -0.385 e. The lowest BCUT2D eigenvalue weighted by Crippen LogP contribution is -2.47. The summed E-state index contributed by atoms with van der Waals surface area (Å²) in [5.74, 6) is 1.01. The van der Waals surface area contributed by atoms with Crippen LogP contribution in [0, 0.1) is 0 Å². The summed E-state index contributed by atoms with van der Waals surface area (Å²) in [6, 6.07) is 0. The number of aliphatic imine (C=N–C) groups is 1. The van der Waals surface area contributed by atoms with Crippen molar-refractivity contribution in [2.75, 3.05) is 53.6 Å². The highest BCUT2D eigenvalue weighted by atomic mass is 16.5. The van der Waals surface area contributed by atoms with Crippen molar-refractivity contribution < 1.29 is 14.2 Å². The van der Waals surface area contributed by atoms with E-state index in [1.165, 1.54) is 25.7 Å². The first kappa shape index (κ1) is 20.5. The number of nitrogens with one attached hydrogen (secondary N) is 1. The van der Waals surface area contributed by atoms with Crippen LogP contribution in [0.3, 0.4) is 0 Å². The normalized spacial score (nSPS) is 20.4. The highest BCUT2D eigenvalue weighted by Gasteiger charge is 2.21. The highest BCUT2D eigenvalue weighted by molar-refractivity contribution is 5.79. The number of likely N-dealkylation sites (tertiary alicyclic amines) is 1. The number of ether oxygens (including phenoxy) is 3. The van der Waals surface area contributed by atoms with Gasteiger partial charge in [0.25, 0.3) is 0 Å². The fourth-order valence-corrected chi connectivity index (χ4v) is 3.60. The molecular formula is C19H37N3O3. The molecule has 1 saturated heterocycles. The first-order valence-corrected chi connectivity index (χ1v) is 10.0. The summed E-state index contributed by atoms with van der Waals surface area (Å²) in [5, 5.41) is 3.48. The molecule has 1 aliphatic carbocycles. The summed E-state index contributed by atoms with van der Waals surface area (Å²) >= 11 is 0. The summed E-state index contributed by atoms with van der Waals surface area (Å²) in [4.78, 5) is 6.77. The molecule has 6 heteroatoms. The van der Waals surface area contributed by atoms with E-state index in [-0.39, 0.29) is 0 Å². The molecule has 6 nitrogen and oxygen atoms in total. The van der Waals surface area contributed by atoms with Crippen molar-refractivity contribution in [3.05, 3.63) is 0 Å². The number of guanidine groups is 1. The molecule has 0 unspecified atom stereocenters. The molecule has 1 N–H and O–H groups in total. The van der Waals surface area contributed by atoms with Gasteiger partial charge in [-0.05, 0) is 38.5 Å². The van der Waals surface area contributed by atoms with Gasteiger partial charge in [0.1, 0.15) is 0 Å². The van der Waals surface area contributed by atoms with Crippen molar-refractivity contribution in [3.8, 4) is 0 Å². The van der Waals surface area contributed by atoms with Gasteiger partial charge >= 0.3 is 0 Å². The molecule has 25 heavy (non-hydrogen) atoms. The maximum Gasteiger partial charge on any atom is 0.193 e. The minimum atomic E-state index is 0.381. The molecule has 0 bridgehead atoms. The molecule has 146 valence electrons. The molecule has 2 aliphatic rings. The van der Waals surface area contributed by atoms with Gasteiger partial charge in [-0.1, -0.05) is 12.8 Å². The Morgan fingerprint density at radius 2 is 1.60 bits per heavy atom. The van der Waals surface area contributed by atoms with Gasteiger partial charge in [-0.2, -0.15) is 0 Å². The third kappa shape index (κ3) is 7.92. The molecule has 2 rings (SSSR count). The van der Waals surface area contributed by atoms with E-state index in [0.29, 0.717) is 12.2 Å². The summed E-state index contributed by atoms with van der Waals surface area (Å²) in [5.41, 5.74) is 0. The van der Waals surface area contributed by atoms with Crippen molar-refractivity contribution in [3.63, 3.8) is 0 Å². The zero-order valence-electron chi connectivity index (χ0n) is 16.2. The minimum absolute atomic E-state index is 0.381. The second-order valence-corrected chi connectivity index (χ2v) is 7.01. The Hall–Kier alpha value is -0.850. The zero-order chi connectivity index (χ0) is 17.7. The van der Waals surface area contributed by atoms with Gasteiger partial charge in [0, 0.05) is 53.6 Å². The van der Waals surface area contributed by atoms with Gasteiger partial charge in [-0.25, -0.2) is 0 Å². The molecule has 1 heterocycles. The number of piperidine rings is 1. The Labute approximate surface area is 153 Å². The number of nitrogens with zero attached hydrogens (tertiary/aromatic N) is 2. The van der Waals surface area contributed by atoms with Crippen molar-refractivity contribution in [1.82, 2.24) is 10.2 Å². The molecule has 0 aromatic heterocycles. The van der Waals surface area contributed by atoms with Gasteiger partial charge in [0.2, 0.25) is 0 Å². The third-order valence-electron chi connectivity index (χ3n) is 5.06. The summed E-state index contributed by atoms with van der Waals surface area (Å²) in [7, 11) is 3.60. The van der Waals surface area contributed by atoms with Gasteiger partial charge in [-0.3, -0.25) is 4.99 Å². The molecule has 1 saturated carbocycles. The van der Waals surface area contributed by atoms with Gasteiger partial charge < -0.3 is 24.4 Å². The molecule has 1 aliphatic heterocycles. The molecule has 0 amide bonds. The van der Waals surface area contributed by atoms with E-state index in [9.17, 15) is 0 Å². The van der Waals surface area contributed by atoms with Gasteiger partial charge in [0.15, 0.2) is 5.96 Å². The van der Waals surface area contributed by atoms with Crippen molar-refractivity contribution >= 4 is 5.96 Å². The maximum absolute atomic E-state index is 5.93. The largest absolute Gasteiger partial charge is 0.385 e. The number of hydrogen-bond donors (Lipinski definition) is 1. The van der Waals surface area contributed by atoms with Crippen LogP contribution < -0.4 is 5.32 Å². The smallest absolute Gasteiger partial charge is 0.193 e. The van der Waals surface area contributed by atoms with Crippen molar-refractivity contribution in [1.29, 1.82) is 0 Å². The van der Waals surface area contributed by atoms with Crippen LogP contribution in [0.4, 0.5) is 0 Å². The lowest BCUT2D eigenvalue weighted by Gasteiger charge is -2.34. The monoisotopic (exact) mass is 355 g/mol. The van der Waals surface area contributed by atoms with E-state index in [1.54, 1.807) is 7.11 Å². The van der Waals surface area contributed by atoms with E-state index >= 15 is 0 Å². The first-order chi connectivity index (χ1) is 12.3. The van der Waals surface area contributed by atoms with Gasteiger partial charge in [-0.15, -0.1) is 0 Å². The third-order valence-corrected chi connectivity index (χ3v) is 5.06. The van der Waals surface area contributed by atoms with E-state index in [2.05, 4.69) is 15.2 Å². The molecule has 0 spiro atoms. The molecular weight excluding hydrogens is 318 g/mol. The topological polar surface area (TPSA) is 55.3 Å². The maximum atomic E-state index is 5.93. The number of hydrogen-bond acceptors (Lipinski definition) is 4. The van der Waals surface area contributed by atoms with Crippen LogP contribution in [0.15, 0.2) is 4.99 Å². The Balaban J connectivity index is 1.53. The standard InChI is InChI=1S/C19H37N3O3/c1-20-19(21-11-5-15-24-17-7-3-4-8-17)22-12-9-18(10-13-22)25-16-6-14-23-2/h17-18H,3-16H2,1-2H3,(H,20,21). The molecule has 0 aromatic carbocycles. The van der Waals surface area contributed by atoms with Crippen LogP contribution in [0.1, 0.15) is 51.4 Å². The summed E-state index contributed by atoms with van der Waals surface area (Å²) in [6.07, 6.45) is 10.2. The Kier molecular flexibility index (Phi) is 10.2. The Bertz CT molecular complexity index is 365. The molecule has 0 radical (unpaired) electrons. The van der Waals surface area contributed by atoms with Crippen LogP contribution in [-0.2, 0) is 14.2 Å². The second-order valence-electron chi connectivity index (χ2n) is 7.01. The molecule has 0 atom stereocenters. The fourth-order valence-electron chi connectivity index (χ4n) is 3.60. The Morgan fingerprint density at radius 1 is 0.960 bits per heavy atom. The van der Waals surface area contributed by atoms with Gasteiger partial charge in [0.05, 0.1) is 12.2 Å². The lowest BCUT2D eigenvalue weighted by atomic mass is 10.1. The van der Waals surface area contributed by atoms with Crippen LogP contribution in [-0.4, -0.2) is 76.7 Å². The van der Waals surface area contributed by atoms with Crippen LogP contribution in [0.2, 0.25) is 0 Å². The predicted octanol–water partition coefficient (Wildman–Crippen LogP) is 2.43. The average Bonchev–Trinajstić information content (AvgIpc) is 3.16. The quantitative estimate of drug-likeness (QED) is 0.371. The van der Waals surface area contributed by atoms with Crippen LogP contribution in [0.5, 0.6) is 0 Å². The average molecular weight is 356 g/mol. The van der Waals surface area contributed by atoms with Crippen molar-refractivity contribution in [2.24, 2.45) is 4.99 Å². The SMILES string of the molecule is CN=C(NCCCOC1CCCC1)N1CCC(OCCCOC)CC1. The summed E-state index contributed by atoms with van der Waals surface area (Å²) in [6.45, 7) is 5.37. The number of methoxy groups -OCH3 is 1. The molecule has 2 fully saturated rings. The fraction of sp³-hybridized carbons (Fsp3) is 0.947. The van der Waals surface area contributed by atoms with E-state index in [1.807, 2.05) is 7.05 Å². The van der Waals surface area contributed by atoms with Crippen LogP contribution in [0.25, 0.3) is 0 Å². The molecule has 0 aromatic rings. The highest BCUT2D eigenvalue weighted by Crippen LogP contribution is 2.20. The second kappa shape index (κ2) is 12.5. The van der Waals surface area contributed by atoms with E-state index < -0.39 is 0 Å². The lowest BCUT2D eigenvalue weighted by molar-refractivity contribution is 0.00988. The van der Waals surface area contributed by atoms with Crippen LogP contribution >= 0.6 is 0 Å². The van der Waals surface area contributed by atoms with E-state index in [4.69, 9.17) is 14.2 Å². The number of rotatable bonds is 10. The van der Waals surface area contributed by atoms with E-state index in [0.717, 1.165) is 71.1 Å². The predicted molar refractivity (Wildman–Crippen MR) is 101 cm³/mol.